The molecule has 31 heavy (non-hydrogen) atoms. The molecule has 2 aromatic carbocycles. The Morgan fingerprint density at radius 1 is 0.581 bits per heavy atom. The van der Waals surface area contributed by atoms with Gasteiger partial charge in [-0.2, -0.15) is 0 Å². The first-order chi connectivity index (χ1) is 15.1. The van der Waals surface area contributed by atoms with Crippen LogP contribution in [0.3, 0.4) is 0 Å². The third kappa shape index (κ3) is 3.69. The fourth-order valence-electron chi connectivity index (χ4n) is 4.40. The quantitative estimate of drug-likeness (QED) is 0.337. The summed E-state index contributed by atoms with van der Waals surface area (Å²) in [7, 11) is -1.89. The summed E-state index contributed by atoms with van der Waals surface area (Å²) in [5.41, 5.74) is 10.5. The van der Waals surface area contributed by atoms with Crippen molar-refractivity contribution in [3.63, 3.8) is 0 Å². The van der Waals surface area contributed by atoms with Crippen LogP contribution in [-0.4, -0.2) is 18.0 Å². The number of nitrogens with zero attached hydrogens (tertiary/aromatic N) is 2. The number of benzene rings is 2. The summed E-state index contributed by atoms with van der Waals surface area (Å²) in [6.45, 7) is 4.83. The summed E-state index contributed by atoms with van der Waals surface area (Å²) in [5, 5.41) is 1.38. The first kappa shape index (κ1) is 19.4. The van der Waals surface area contributed by atoms with Crippen LogP contribution in [0.15, 0.2) is 109 Å². The molecule has 0 fully saturated rings. The van der Waals surface area contributed by atoms with Crippen molar-refractivity contribution >= 4 is 24.4 Å². The Kier molecular flexibility index (Phi) is 4.97. The molecule has 0 amide bonds. The van der Waals surface area contributed by atoms with E-state index in [2.05, 4.69) is 96.6 Å². The Morgan fingerprint density at radius 3 is 1.87 bits per heavy atom. The number of hydrogen-bond donors (Lipinski definition) is 0. The Morgan fingerprint density at radius 2 is 1.19 bits per heavy atom. The van der Waals surface area contributed by atoms with Gasteiger partial charge in [0.05, 0.1) is 17.1 Å². The Hall–Kier alpha value is -3.56. The number of rotatable bonds is 4. The van der Waals surface area contributed by atoms with Gasteiger partial charge in [-0.3, -0.25) is 4.98 Å². The fourth-order valence-corrected chi connectivity index (χ4v) is 7.30. The molecule has 0 saturated heterocycles. The molecule has 2 nitrogen and oxygen atoms in total. The molecule has 5 rings (SSSR count). The molecule has 150 valence electrons. The molecule has 0 radical (unpaired) electrons. The molecule has 0 aliphatic carbocycles. The van der Waals surface area contributed by atoms with Crippen molar-refractivity contribution in [3.05, 3.63) is 126 Å². The van der Waals surface area contributed by atoms with Gasteiger partial charge in [0.2, 0.25) is 0 Å². The first-order valence-corrected chi connectivity index (χ1v) is 13.7. The highest BCUT2D eigenvalue weighted by atomic mass is 28.3. The summed E-state index contributed by atoms with van der Waals surface area (Å²) in [6.07, 6.45) is 1.82. The van der Waals surface area contributed by atoms with E-state index in [-0.39, 0.29) is 0 Å². The van der Waals surface area contributed by atoms with Crippen molar-refractivity contribution in [3.8, 4) is 11.4 Å². The second-order valence-electron chi connectivity index (χ2n) is 8.38. The standard InChI is InChI=1S/C28H24N2Si/c1-31(2)20-23(21-12-5-3-6-13-21)27(22-14-7-4-8-15-22)28(31)26-18-11-17-25(30-26)24-16-9-10-19-29-24/h3-20H,1-2H3. The predicted molar refractivity (Wildman–Crippen MR) is 133 cm³/mol. The van der Waals surface area contributed by atoms with Gasteiger partial charge in [0.25, 0.3) is 0 Å². The van der Waals surface area contributed by atoms with Crippen LogP contribution in [0.4, 0.5) is 0 Å². The van der Waals surface area contributed by atoms with Gasteiger partial charge in [-0.05, 0) is 51.7 Å². The second kappa shape index (κ2) is 7.93. The zero-order valence-electron chi connectivity index (χ0n) is 17.8. The first-order valence-electron chi connectivity index (χ1n) is 10.6. The van der Waals surface area contributed by atoms with Gasteiger partial charge in [0, 0.05) is 6.20 Å². The van der Waals surface area contributed by atoms with Crippen LogP contribution in [-0.2, 0) is 0 Å². The maximum Gasteiger partial charge on any atom is 0.108 e. The summed E-state index contributed by atoms with van der Waals surface area (Å²) in [4.78, 5) is 9.62. The van der Waals surface area contributed by atoms with E-state index < -0.39 is 8.07 Å². The van der Waals surface area contributed by atoms with Crippen LogP contribution < -0.4 is 0 Å². The van der Waals surface area contributed by atoms with E-state index in [0.717, 1.165) is 17.1 Å². The maximum absolute atomic E-state index is 5.11. The molecule has 0 bridgehead atoms. The molecular formula is C28H24N2Si. The molecule has 2 aromatic heterocycles. The van der Waals surface area contributed by atoms with Crippen LogP contribution in [0, 0.1) is 0 Å². The normalized spacial score (nSPS) is 15.1. The third-order valence-corrected chi connectivity index (χ3v) is 8.55. The van der Waals surface area contributed by atoms with Gasteiger partial charge in [-0.25, -0.2) is 4.98 Å². The minimum absolute atomic E-state index is 0.903. The Bertz CT molecular complexity index is 1270. The summed E-state index contributed by atoms with van der Waals surface area (Å²) >= 11 is 0. The van der Waals surface area contributed by atoms with E-state index in [4.69, 9.17) is 4.98 Å². The molecule has 3 heterocycles. The molecule has 1 aliphatic rings. The monoisotopic (exact) mass is 416 g/mol. The lowest BCUT2D eigenvalue weighted by atomic mass is 9.92. The minimum Gasteiger partial charge on any atom is -0.255 e. The van der Waals surface area contributed by atoms with E-state index in [1.54, 1.807) is 0 Å². The van der Waals surface area contributed by atoms with Gasteiger partial charge in [0.1, 0.15) is 8.07 Å². The van der Waals surface area contributed by atoms with Crippen LogP contribution in [0.5, 0.6) is 0 Å². The van der Waals surface area contributed by atoms with E-state index in [9.17, 15) is 0 Å². The van der Waals surface area contributed by atoms with Crippen molar-refractivity contribution in [2.75, 3.05) is 0 Å². The number of aromatic nitrogens is 2. The lowest BCUT2D eigenvalue weighted by molar-refractivity contribution is 1.23. The van der Waals surface area contributed by atoms with Crippen molar-refractivity contribution in [2.24, 2.45) is 0 Å². The van der Waals surface area contributed by atoms with Crippen LogP contribution in [0.2, 0.25) is 13.1 Å². The maximum atomic E-state index is 5.11. The van der Waals surface area contributed by atoms with Crippen molar-refractivity contribution < 1.29 is 0 Å². The third-order valence-electron chi connectivity index (χ3n) is 5.75. The van der Waals surface area contributed by atoms with E-state index >= 15 is 0 Å². The highest BCUT2D eigenvalue weighted by Gasteiger charge is 2.37. The lowest BCUT2D eigenvalue weighted by Gasteiger charge is -2.20. The minimum atomic E-state index is -1.89. The molecule has 0 saturated carbocycles. The van der Waals surface area contributed by atoms with E-state index in [1.807, 2.05) is 30.5 Å². The van der Waals surface area contributed by atoms with Crippen LogP contribution in [0.25, 0.3) is 27.7 Å². The summed E-state index contributed by atoms with van der Waals surface area (Å²) < 4.78 is 0. The van der Waals surface area contributed by atoms with Gasteiger partial charge in [-0.15, -0.1) is 0 Å². The highest BCUT2D eigenvalue weighted by molar-refractivity contribution is 7.02. The molecule has 4 aromatic rings. The smallest absolute Gasteiger partial charge is 0.108 e. The average molecular weight is 417 g/mol. The fraction of sp³-hybridized carbons (Fsp3) is 0.0714. The zero-order chi connectivity index (χ0) is 21.3. The Balaban J connectivity index is 1.75. The van der Waals surface area contributed by atoms with E-state index in [1.165, 1.54) is 27.5 Å². The largest absolute Gasteiger partial charge is 0.255 e. The predicted octanol–water partition coefficient (Wildman–Crippen LogP) is 6.94. The molecule has 0 atom stereocenters. The van der Waals surface area contributed by atoms with Crippen molar-refractivity contribution in [1.29, 1.82) is 0 Å². The van der Waals surface area contributed by atoms with Crippen LogP contribution >= 0.6 is 0 Å². The molecule has 0 N–H and O–H groups in total. The molecule has 3 heteroatoms. The van der Waals surface area contributed by atoms with E-state index in [0.29, 0.717) is 0 Å². The molecular weight excluding hydrogens is 392 g/mol. The number of allylic oxidation sites excluding steroid dienone is 2. The molecule has 1 aliphatic heterocycles. The van der Waals surface area contributed by atoms with Crippen LogP contribution in [0.1, 0.15) is 16.8 Å². The molecule has 0 unspecified atom stereocenters. The second-order valence-corrected chi connectivity index (χ2v) is 12.6. The molecule has 0 spiro atoms. The van der Waals surface area contributed by atoms with Gasteiger partial charge in [-0.1, -0.05) is 91.6 Å². The summed E-state index contributed by atoms with van der Waals surface area (Å²) in [5.74, 6) is 0. The number of hydrogen-bond acceptors (Lipinski definition) is 2. The topological polar surface area (TPSA) is 25.8 Å². The van der Waals surface area contributed by atoms with Gasteiger partial charge < -0.3 is 0 Å². The Labute approximate surface area is 184 Å². The summed E-state index contributed by atoms with van der Waals surface area (Å²) in [6, 6.07) is 33.7. The van der Waals surface area contributed by atoms with Crippen molar-refractivity contribution in [2.45, 2.75) is 13.1 Å². The number of pyridine rings is 2. The highest BCUT2D eigenvalue weighted by Crippen LogP contribution is 2.47. The zero-order valence-corrected chi connectivity index (χ0v) is 18.8. The van der Waals surface area contributed by atoms with Gasteiger partial charge >= 0.3 is 0 Å². The van der Waals surface area contributed by atoms with Crippen molar-refractivity contribution in [1.82, 2.24) is 9.97 Å². The SMILES string of the molecule is C[Si]1(C)C=C(c2ccccc2)C(c2ccccc2)=C1c1cccc(-c2ccccn2)n1. The lowest BCUT2D eigenvalue weighted by Crippen LogP contribution is -2.24. The van der Waals surface area contributed by atoms with Gasteiger partial charge in [0.15, 0.2) is 0 Å². The average Bonchev–Trinajstić information content (AvgIpc) is 3.12.